The Morgan fingerprint density at radius 3 is 1.27 bits per heavy atom. The highest BCUT2D eigenvalue weighted by molar-refractivity contribution is 5.76. The van der Waals surface area contributed by atoms with Crippen LogP contribution in [0.1, 0.15) is 277 Å². The van der Waals surface area contributed by atoms with Crippen molar-refractivity contribution in [2.24, 2.45) is 0 Å². The van der Waals surface area contributed by atoms with Gasteiger partial charge in [0.2, 0.25) is 5.91 Å². The Hall–Kier alpha value is -1.79. The molecule has 0 spiro atoms. The SMILES string of the molecule is CCCCCCC/C=C\C/C=C\CCCCCCCCCCCCCC(=O)NC(COC1OC(CO)C(OC2OC(CO)C(O)C(O)C2O)C(O)C1O)C(O)/C=C/CCCCCCCCCCCCCCCCCCCCCC. The predicted octanol–water partition coefficient (Wildman–Crippen LogP) is 12.2. The highest BCUT2D eigenvalue weighted by Crippen LogP contribution is 2.30. The van der Waals surface area contributed by atoms with Crippen molar-refractivity contribution in [2.45, 2.75) is 351 Å². The Morgan fingerprint density at radius 1 is 0.456 bits per heavy atom. The van der Waals surface area contributed by atoms with Crippen molar-refractivity contribution in [3.05, 3.63) is 36.5 Å². The Balaban J connectivity index is 1.73. The van der Waals surface area contributed by atoms with Crippen LogP contribution in [0.4, 0.5) is 0 Å². The van der Waals surface area contributed by atoms with Gasteiger partial charge in [0.15, 0.2) is 12.6 Å². The molecule has 12 atom stereocenters. The number of ether oxygens (including phenoxy) is 4. The molecule has 14 nitrogen and oxygen atoms in total. The van der Waals surface area contributed by atoms with Gasteiger partial charge in [-0.05, 0) is 51.4 Å². The highest BCUT2D eigenvalue weighted by atomic mass is 16.7. The molecule has 2 heterocycles. The second-order valence-electron chi connectivity index (χ2n) is 23.2. The first-order valence-electron chi connectivity index (χ1n) is 32.7. The maximum Gasteiger partial charge on any atom is 0.220 e. The average molecular weight is 1120 g/mol. The maximum absolute atomic E-state index is 13.3. The quantitative estimate of drug-likeness (QED) is 0.0204. The van der Waals surface area contributed by atoms with Crippen LogP contribution < -0.4 is 5.32 Å². The van der Waals surface area contributed by atoms with Gasteiger partial charge in [-0.25, -0.2) is 0 Å². The van der Waals surface area contributed by atoms with E-state index in [4.69, 9.17) is 18.9 Å². The smallest absolute Gasteiger partial charge is 0.220 e. The summed E-state index contributed by atoms with van der Waals surface area (Å²) >= 11 is 0. The van der Waals surface area contributed by atoms with E-state index < -0.39 is 86.8 Å². The van der Waals surface area contributed by atoms with Gasteiger partial charge in [0.1, 0.15) is 48.8 Å². The van der Waals surface area contributed by atoms with E-state index in [2.05, 4.69) is 43.5 Å². The summed E-state index contributed by atoms with van der Waals surface area (Å²) in [6.45, 7) is 2.82. The fourth-order valence-corrected chi connectivity index (χ4v) is 10.8. The number of rotatable bonds is 53. The minimum atomic E-state index is -1.79. The zero-order chi connectivity index (χ0) is 57.4. The number of aliphatic hydroxyl groups is 8. The van der Waals surface area contributed by atoms with E-state index in [-0.39, 0.29) is 18.9 Å². The van der Waals surface area contributed by atoms with Gasteiger partial charge >= 0.3 is 0 Å². The third-order valence-electron chi connectivity index (χ3n) is 16.1. The van der Waals surface area contributed by atoms with Crippen molar-refractivity contribution in [3.63, 3.8) is 0 Å². The molecule has 2 aliphatic rings. The lowest BCUT2D eigenvalue weighted by molar-refractivity contribution is -0.359. The largest absolute Gasteiger partial charge is 0.394 e. The molecule has 0 aromatic rings. The summed E-state index contributed by atoms with van der Waals surface area (Å²) in [5.41, 5.74) is 0. The van der Waals surface area contributed by atoms with Gasteiger partial charge in [-0.1, -0.05) is 256 Å². The van der Waals surface area contributed by atoms with Crippen molar-refractivity contribution in [1.82, 2.24) is 5.32 Å². The number of amides is 1. The van der Waals surface area contributed by atoms with Gasteiger partial charge in [-0.15, -0.1) is 0 Å². The predicted molar refractivity (Wildman–Crippen MR) is 318 cm³/mol. The molecule has 2 fully saturated rings. The Labute approximate surface area is 481 Å². The van der Waals surface area contributed by atoms with Crippen LogP contribution in [0.2, 0.25) is 0 Å². The molecule has 12 unspecified atom stereocenters. The van der Waals surface area contributed by atoms with Crippen molar-refractivity contribution in [3.8, 4) is 0 Å². The molecule has 0 saturated carbocycles. The summed E-state index contributed by atoms with van der Waals surface area (Å²) in [5.74, 6) is -0.239. The minimum Gasteiger partial charge on any atom is -0.394 e. The summed E-state index contributed by atoms with van der Waals surface area (Å²) in [4.78, 5) is 13.3. The van der Waals surface area contributed by atoms with E-state index >= 15 is 0 Å². The molecular weight excluding hydrogens is 1000 g/mol. The summed E-state index contributed by atoms with van der Waals surface area (Å²) in [7, 11) is 0. The molecule has 9 N–H and O–H groups in total. The summed E-state index contributed by atoms with van der Waals surface area (Å²) < 4.78 is 22.8. The van der Waals surface area contributed by atoms with Crippen LogP contribution in [0.3, 0.4) is 0 Å². The van der Waals surface area contributed by atoms with Gasteiger partial charge < -0.3 is 65.1 Å². The maximum atomic E-state index is 13.3. The fraction of sp³-hybridized carbons (Fsp3) is 0.892. The number of allylic oxidation sites excluding steroid dienone is 5. The number of hydrogen-bond acceptors (Lipinski definition) is 13. The van der Waals surface area contributed by atoms with Crippen LogP contribution in [-0.2, 0) is 23.7 Å². The molecule has 0 radical (unpaired) electrons. The lowest BCUT2D eigenvalue weighted by Gasteiger charge is -2.46. The van der Waals surface area contributed by atoms with E-state index in [9.17, 15) is 45.6 Å². The first-order chi connectivity index (χ1) is 38.6. The van der Waals surface area contributed by atoms with Crippen LogP contribution in [0, 0.1) is 0 Å². The molecule has 2 rings (SSSR count). The molecule has 1 amide bonds. The summed E-state index contributed by atoms with van der Waals surface area (Å²) in [5, 5.41) is 87.3. The molecule has 79 heavy (non-hydrogen) atoms. The molecular formula is C65H121NO13. The van der Waals surface area contributed by atoms with E-state index in [0.29, 0.717) is 6.42 Å². The summed E-state index contributed by atoms with van der Waals surface area (Å²) in [6, 6.07) is -0.916. The lowest BCUT2D eigenvalue weighted by atomic mass is 9.97. The number of hydrogen-bond donors (Lipinski definition) is 9. The molecule has 0 aromatic carbocycles. The molecule has 2 saturated heterocycles. The third-order valence-corrected chi connectivity index (χ3v) is 16.1. The number of aliphatic hydroxyl groups excluding tert-OH is 8. The Morgan fingerprint density at radius 2 is 0.835 bits per heavy atom. The number of carbonyl (C=O) groups excluding carboxylic acids is 1. The van der Waals surface area contributed by atoms with Gasteiger partial charge in [0, 0.05) is 6.42 Å². The minimum absolute atomic E-state index is 0.239. The highest BCUT2D eigenvalue weighted by Gasteiger charge is 2.51. The normalized spacial score (nSPS) is 24.6. The third kappa shape index (κ3) is 35.8. The fourth-order valence-electron chi connectivity index (χ4n) is 10.8. The Bertz CT molecular complexity index is 1460. The van der Waals surface area contributed by atoms with E-state index in [1.165, 1.54) is 205 Å². The second-order valence-corrected chi connectivity index (χ2v) is 23.2. The van der Waals surface area contributed by atoms with Crippen molar-refractivity contribution >= 4 is 5.91 Å². The second kappa shape index (κ2) is 50.7. The molecule has 0 aromatic heterocycles. The number of unbranched alkanes of at least 4 members (excludes halogenated alkanes) is 36. The van der Waals surface area contributed by atoms with Crippen LogP contribution in [0.5, 0.6) is 0 Å². The molecule has 14 heteroatoms. The summed E-state index contributed by atoms with van der Waals surface area (Å²) in [6.07, 6.45) is 46.1. The number of nitrogens with one attached hydrogen (secondary N) is 1. The van der Waals surface area contributed by atoms with E-state index in [0.717, 1.165) is 44.9 Å². The zero-order valence-corrected chi connectivity index (χ0v) is 50.1. The molecule has 2 aliphatic heterocycles. The average Bonchev–Trinajstić information content (AvgIpc) is 3.47. The van der Waals surface area contributed by atoms with Crippen molar-refractivity contribution < 1.29 is 64.6 Å². The zero-order valence-electron chi connectivity index (χ0n) is 50.1. The van der Waals surface area contributed by atoms with Gasteiger partial charge in [0.25, 0.3) is 0 Å². The van der Waals surface area contributed by atoms with Gasteiger partial charge in [0.05, 0.1) is 32.0 Å². The Kier molecular flexibility index (Phi) is 47.0. The number of carbonyl (C=O) groups is 1. The van der Waals surface area contributed by atoms with Gasteiger partial charge in [-0.2, -0.15) is 0 Å². The standard InChI is InChI=1S/C65H121NO13/c1-3-5-7-9-11-13-15-17-19-21-23-25-27-29-31-33-35-37-39-41-43-45-47-49-57(70)66-53(52-76-64-62(75)60(73)63(56(51-68)78-64)79-65-61(74)59(72)58(71)55(50-67)77-65)54(69)48-46-44-42-40-38-36-34-32-30-28-26-24-22-20-18-16-14-12-10-8-6-4-2/h15,17,21,23,46,48,53-56,58-65,67-69,71-75H,3-14,16,18-20,22,24-45,47,49-52H2,1-2H3,(H,66,70)/b17-15-,23-21-,48-46+. The first-order valence-corrected chi connectivity index (χ1v) is 32.7. The van der Waals surface area contributed by atoms with Crippen molar-refractivity contribution in [1.29, 1.82) is 0 Å². The first kappa shape index (κ1) is 73.3. The monoisotopic (exact) mass is 1120 g/mol. The molecule has 0 aliphatic carbocycles. The molecule has 0 bridgehead atoms. The van der Waals surface area contributed by atoms with Crippen LogP contribution >= 0.6 is 0 Å². The van der Waals surface area contributed by atoms with Crippen LogP contribution in [0.15, 0.2) is 36.5 Å². The van der Waals surface area contributed by atoms with Crippen molar-refractivity contribution in [2.75, 3.05) is 19.8 Å². The van der Waals surface area contributed by atoms with E-state index in [1.54, 1.807) is 6.08 Å². The molecule has 464 valence electrons. The lowest BCUT2D eigenvalue weighted by Crippen LogP contribution is -2.65. The van der Waals surface area contributed by atoms with E-state index in [1.807, 2.05) is 6.08 Å². The van der Waals surface area contributed by atoms with Crippen LogP contribution in [0.25, 0.3) is 0 Å². The van der Waals surface area contributed by atoms with Gasteiger partial charge in [-0.3, -0.25) is 4.79 Å². The van der Waals surface area contributed by atoms with Crippen LogP contribution in [-0.4, -0.2) is 140 Å². The topological polar surface area (TPSA) is 228 Å².